The van der Waals surface area contributed by atoms with Crippen molar-refractivity contribution < 1.29 is 13.2 Å². The average Bonchev–Trinajstić information content (AvgIpc) is 2.72. The van der Waals surface area contributed by atoms with Gasteiger partial charge in [0.25, 0.3) is 5.91 Å². The lowest BCUT2D eigenvalue weighted by Crippen LogP contribution is -2.50. The summed E-state index contributed by atoms with van der Waals surface area (Å²) < 4.78 is 28.0. The van der Waals surface area contributed by atoms with Crippen LogP contribution < -0.4 is 0 Å². The molecule has 30 heavy (non-hydrogen) atoms. The minimum atomic E-state index is -3.60. The van der Waals surface area contributed by atoms with E-state index in [1.165, 1.54) is 4.31 Å². The van der Waals surface area contributed by atoms with Crippen LogP contribution in [-0.2, 0) is 10.0 Å². The maximum atomic E-state index is 13.2. The van der Waals surface area contributed by atoms with Crippen LogP contribution in [0.1, 0.15) is 27.0 Å². The van der Waals surface area contributed by atoms with Gasteiger partial charge >= 0.3 is 0 Å². The predicted octanol–water partition coefficient (Wildman–Crippen LogP) is 3.31. The molecular weight excluding hydrogens is 398 g/mol. The standard InChI is InChI=1S/C23H25N3O3S/c1-16-13-17(2)22(18(3)14-16)30(28,29)26-11-9-25(10-12-26)23(27)20-6-7-21-19(15-20)5-4-8-24-21/h4-8,13-15H,9-12H2,1-3H3. The zero-order valence-electron chi connectivity index (χ0n) is 17.4. The van der Waals surface area contributed by atoms with Crippen molar-refractivity contribution in [2.45, 2.75) is 25.7 Å². The molecule has 0 atom stereocenters. The first kappa shape index (κ1) is 20.5. The summed E-state index contributed by atoms with van der Waals surface area (Å²) in [6, 6.07) is 13.0. The van der Waals surface area contributed by atoms with Gasteiger partial charge in [-0.1, -0.05) is 23.8 Å². The summed E-state index contributed by atoms with van der Waals surface area (Å²) in [7, 11) is -3.60. The molecule has 2 aromatic carbocycles. The van der Waals surface area contributed by atoms with Crippen molar-refractivity contribution in [3.8, 4) is 0 Å². The second-order valence-electron chi connectivity index (χ2n) is 7.84. The van der Waals surface area contributed by atoms with Crippen LogP contribution in [0.2, 0.25) is 0 Å². The van der Waals surface area contributed by atoms with Crippen LogP contribution in [0.25, 0.3) is 10.9 Å². The van der Waals surface area contributed by atoms with Gasteiger partial charge in [-0.3, -0.25) is 9.78 Å². The topological polar surface area (TPSA) is 70.6 Å². The Hall–Kier alpha value is -2.77. The van der Waals surface area contributed by atoms with E-state index in [1.54, 1.807) is 17.2 Å². The molecule has 7 heteroatoms. The lowest BCUT2D eigenvalue weighted by molar-refractivity contribution is 0.0698. The quantitative estimate of drug-likeness (QED) is 0.648. The fourth-order valence-electron chi connectivity index (χ4n) is 4.23. The minimum Gasteiger partial charge on any atom is -0.336 e. The van der Waals surface area contributed by atoms with Gasteiger partial charge in [-0.25, -0.2) is 8.42 Å². The van der Waals surface area contributed by atoms with E-state index in [2.05, 4.69) is 4.98 Å². The van der Waals surface area contributed by atoms with Crippen molar-refractivity contribution >= 4 is 26.8 Å². The zero-order chi connectivity index (χ0) is 21.5. The van der Waals surface area contributed by atoms with Crippen molar-refractivity contribution in [3.05, 3.63) is 70.9 Å². The summed E-state index contributed by atoms with van der Waals surface area (Å²) in [5.41, 5.74) is 4.00. The Kier molecular flexibility index (Phi) is 5.34. The van der Waals surface area contributed by atoms with Crippen molar-refractivity contribution in [3.63, 3.8) is 0 Å². The molecule has 156 valence electrons. The first-order valence-corrected chi connectivity index (χ1v) is 11.4. The van der Waals surface area contributed by atoms with Crippen LogP contribution in [0.4, 0.5) is 0 Å². The number of aromatic nitrogens is 1. The Bertz CT molecular complexity index is 1210. The lowest BCUT2D eigenvalue weighted by atomic mass is 10.1. The smallest absolute Gasteiger partial charge is 0.253 e. The molecule has 0 unspecified atom stereocenters. The van der Waals surface area contributed by atoms with Crippen LogP contribution in [0.15, 0.2) is 53.6 Å². The number of pyridine rings is 1. The molecule has 1 aromatic heterocycles. The Morgan fingerprint density at radius 1 is 0.933 bits per heavy atom. The first-order valence-electron chi connectivity index (χ1n) is 9.99. The third-order valence-corrected chi connectivity index (χ3v) is 7.78. The number of carbonyl (C=O) groups excluding carboxylic acids is 1. The molecule has 1 aliphatic heterocycles. The molecule has 1 saturated heterocycles. The minimum absolute atomic E-state index is 0.0829. The predicted molar refractivity (Wildman–Crippen MR) is 117 cm³/mol. The Labute approximate surface area is 177 Å². The summed E-state index contributed by atoms with van der Waals surface area (Å²) in [6.45, 7) is 6.94. The number of amides is 1. The van der Waals surface area contributed by atoms with Gasteiger partial charge < -0.3 is 4.90 Å². The molecule has 0 saturated carbocycles. The summed E-state index contributed by atoms with van der Waals surface area (Å²) in [6.07, 6.45) is 1.72. The second kappa shape index (κ2) is 7.81. The van der Waals surface area contributed by atoms with Crippen molar-refractivity contribution in [2.75, 3.05) is 26.2 Å². The van der Waals surface area contributed by atoms with Crippen LogP contribution in [-0.4, -0.2) is 54.7 Å². The Morgan fingerprint density at radius 2 is 1.60 bits per heavy atom. The summed E-state index contributed by atoms with van der Waals surface area (Å²) in [5.74, 6) is -0.0829. The van der Waals surface area contributed by atoms with E-state index in [9.17, 15) is 13.2 Å². The van der Waals surface area contributed by atoms with E-state index in [-0.39, 0.29) is 19.0 Å². The van der Waals surface area contributed by atoms with E-state index >= 15 is 0 Å². The van der Waals surface area contributed by atoms with Crippen molar-refractivity contribution in [1.29, 1.82) is 0 Å². The van der Waals surface area contributed by atoms with Gasteiger partial charge in [0.15, 0.2) is 0 Å². The molecule has 0 N–H and O–H groups in total. The van der Waals surface area contributed by atoms with Crippen molar-refractivity contribution in [1.82, 2.24) is 14.2 Å². The highest BCUT2D eigenvalue weighted by atomic mass is 32.2. The molecule has 1 amide bonds. The fourth-order valence-corrected chi connectivity index (χ4v) is 6.06. The van der Waals surface area contributed by atoms with Gasteiger partial charge in [0.2, 0.25) is 10.0 Å². The van der Waals surface area contributed by atoms with E-state index < -0.39 is 10.0 Å². The van der Waals surface area contributed by atoms with Crippen LogP contribution in [0.5, 0.6) is 0 Å². The highest BCUT2D eigenvalue weighted by molar-refractivity contribution is 7.89. The molecule has 4 rings (SSSR count). The fraction of sp³-hybridized carbons (Fsp3) is 0.304. The molecule has 1 fully saturated rings. The van der Waals surface area contributed by atoms with Gasteiger partial charge in [-0.2, -0.15) is 4.31 Å². The van der Waals surface area contributed by atoms with Gasteiger partial charge in [0.05, 0.1) is 10.4 Å². The molecule has 3 aromatic rings. The van der Waals surface area contributed by atoms with E-state index in [4.69, 9.17) is 0 Å². The normalized spacial score (nSPS) is 15.5. The van der Waals surface area contributed by atoms with Gasteiger partial charge in [-0.15, -0.1) is 0 Å². The number of sulfonamides is 1. The molecular formula is C23H25N3O3S. The number of carbonyl (C=O) groups is 1. The number of benzene rings is 2. The highest BCUT2D eigenvalue weighted by Gasteiger charge is 2.32. The number of rotatable bonds is 3. The van der Waals surface area contributed by atoms with E-state index in [1.807, 2.05) is 57.2 Å². The summed E-state index contributed by atoms with van der Waals surface area (Å²) in [5, 5.41) is 0.912. The maximum absolute atomic E-state index is 13.2. The summed E-state index contributed by atoms with van der Waals surface area (Å²) in [4.78, 5) is 19.3. The first-order chi connectivity index (χ1) is 14.3. The Morgan fingerprint density at radius 3 is 2.27 bits per heavy atom. The number of nitrogens with zero attached hydrogens (tertiary/aromatic N) is 3. The molecule has 0 spiro atoms. The molecule has 2 heterocycles. The van der Waals surface area contributed by atoms with Crippen molar-refractivity contribution in [2.24, 2.45) is 0 Å². The second-order valence-corrected chi connectivity index (χ2v) is 9.71. The third-order valence-electron chi connectivity index (χ3n) is 5.58. The third kappa shape index (κ3) is 3.70. The number of piperazine rings is 1. The number of hydrogen-bond donors (Lipinski definition) is 0. The molecule has 0 bridgehead atoms. The van der Waals surface area contributed by atoms with Crippen LogP contribution >= 0.6 is 0 Å². The number of hydrogen-bond acceptors (Lipinski definition) is 4. The largest absolute Gasteiger partial charge is 0.336 e. The molecule has 1 aliphatic rings. The molecule has 0 radical (unpaired) electrons. The van der Waals surface area contributed by atoms with Gasteiger partial charge in [0, 0.05) is 43.3 Å². The van der Waals surface area contributed by atoms with E-state index in [0.29, 0.717) is 23.5 Å². The highest BCUT2D eigenvalue weighted by Crippen LogP contribution is 2.26. The number of aryl methyl sites for hydroxylation is 3. The van der Waals surface area contributed by atoms with Crippen LogP contribution in [0, 0.1) is 20.8 Å². The SMILES string of the molecule is Cc1cc(C)c(S(=O)(=O)N2CCN(C(=O)c3ccc4ncccc4c3)CC2)c(C)c1. The monoisotopic (exact) mass is 423 g/mol. The molecule has 6 nitrogen and oxygen atoms in total. The lowest BCUT2D eigenvalue weighted by Gasteiger charge is -2.34. The van der Waals surface area contributed by atoms with Gasteiger partial charge in [-0.05, 0) is 56.2 Å². The average molecular weight is 424 g/mol. The van der Waals surface area contributed by atoms with Gasteiger partial charge in [0.1, 0.15) is 0 Å². The Balaban J connectivity index is 1.51. The maximum Gasteiger partial charge on any atom is 0.253 e. The van der Waals surface area contributed by atoms with Crippen LogP contribution in [0.3, 0.4) is 0 Å². The van der Waals surface area contributed by atoms with E-state index in [0.717, 1.165) is 27.6 Å². The zero-order valence-corrected chi connectivity index (χ0v) is 18.2. The molecule has 0 aliphatic carbocycles. The summed E-state index contributed by atoms with van der Waals surface area (Å²) >= 11 is 0. The number of fused-ring (bicyclic) bond motifs is 1.